The number of hydrogen-bond acceptors (Lipinski definition) is 4. The van der Waals surface area contributed by atoms with E-state index in [0.717, 1.165) is 17.9 Å². The molecule has 4 atom stereocenters. The van der Waals surface area contributed by atoms with Crippen molar-refractivity contribution in [2.45, 2.75) is 12.8 Å². The molecule has 1 aliphatic heterocycles. The number of benzene rings is 2. The second-order valence-corrected chi connectivity index (χ2v) is 8.52. The molecule has 0 spiro atoms. The summed E-state index contributed by atoms with van der Waals surface area (Å²) in [5.41, 5.74) is 6.78. The lowest BCUT2D eigenvalue weighted by atomic mass is 9.85. The zero-order valence-corrected chi connectivity index (χ0v) is 17.7. The molecule has 1 saturated heterocycles. The summed E-state index contributed by atoms with van der Waals surface area (Å²) in [5, 5.41) is 3.06. The molecule has 3 N–H and O–H groups in total. The fraction of sp³-hybridized carbons (Fsp3) is 0.320. The fourth-order valence-electron chi connectivity index (χ4n) is 5.06. The van der Waals surface area contributed by atoms with Gasteiger partial charge in [0.2, 0.25) is 11.8 Å². The van der Waals surface area contributed by atoms with Crippen molar-refractivity contribution in [2.75, 3.05) is 18.4 Å². The molecule has 5 rings (SSSR count). The third kappa shape index (κ3) is 3.86. The van der Waals surface area contributed by atoms with E-state index in [1.807, 2.05) is 54.6 Å². The Labute approximate surface area is 187 Å². The standard InChI is InChI=1S/C25H26N4O3/c26-25(28-18-6-4-9-20(15-18)32-19-7-2-1-3-8-19)27-12-5-13-29-23(30)21-16-10-11-17(14-16)22(21)24(29)31/h1-4,6-11,15-17,21-22H,5,12-14H2,(H3,26,27,28). The number of hydrogen-bond donors (Lipinski definition) is 2. The smallest absolute Gasteiger partial charge is 0.233 e. The molecule has 2 aliphatic carbocycles. The average molecular weight is 431 g/mol. The molecule has 2 aromatic rings. The number of amides is 2. The Morgan fingerprint density at radius 3 is 2.41 bits per heavy atom. The molecule has 1 saturated carbocycles. The Balaban J connectivity index is 1.12. The second kappa shape index (κ2) is 8.49. The number of aliphatic imine (C=N–C) groups is 1. The van der Waals surface area contributed by atoms with E-state index in [4.69, 9.17) is 10.5 Å². The van der Waals surface area contributed by atoms with Crippen molar-refractivity contribution in [3.63, 3.8) is 0 Å². The first kappa shape index (κ1) is 20.3. The van der Waals surface area contributed by atoms with Crippen LogP contribution in [0.2, 0.25) is 0 Å². The number of carbonyl (C=O) groups excluding carboxylic acids is 2. The highest BCUT2D eigenvalue weighted by Crippen LogP contribution is 2.52. The normalized spacial score (nSPS) is 26.0. The summed E-state index contributed by atoms with van der Waals surface area (Å²) in [6.07, 6.45) is 5.75. The molecule has 32 heavy (non-hydrogen) atoms. The lowest BCUT2D eigenvalue weighted by molar-refractivity contribution is -0.140. The van der Waals surface area contributed by atoms with Crippen molar-refractivity contribution >= 4 is 23.5 Å². The predicted molar refractivity (Wildman–Crippen MR) is 122 cm³/mol. The lowest BCUT2D eigenvalue weighted by Gasteiger charge is -2.16. The summed E-state index contributed by atoms with van der Waals surface area (Å²) in [5.74, 6) is 1.90. The largest absolute Gasteiger partial charge is 0.457 e. The Morgan fingerprint density at radius 2 is 1.69 bits per heavy atom. The molecular formula is C25H26N4O3. The molecule has 2 fully saturated rings. The number of ether oxygens (including phenoxy) is 1. The van der Waals surface area contributed by atoms with Gasteiger partial charge in [-0.25, -0.2) is 0 Å². The maximum Gasteiger partial charge on any atom is 0.233 e. The molecule has 7 heteroatoms. The highest BCUT2D eigenvalue weighted by atomic mass is 16.5. The van der Waals surface area contributed by atoms with Crippen LogP contribution in [0.4, 0.5) is 5.69 Å². The van der Waals surface area contributed by atoms with Gasteiger partial charge in [-0.05, 0) is 48.9 Å². The van der Waals surface area contributed by atoms with E-state index < -0.39 is 0 Å². The summed E-state index contributed by atoms with van der Waals surface area (Å²) in [4.78, 5) is 31.2. The van der Waals surface area contributed by atoms with E-state index in [9.17, 15) is 9.59 Å². The number of nitrogens with two attached hydrogens (primary N) is 1. The Morgan fingerprint density at radius 1 is 1.00 bits per heavy atom. The predicted octanol–water partition coefficient (Wildman–Crippen LogP) is 3.40. The van der Waals surface area contributed by atoms with Crippen LogP contribution in [0.5, 0.6) is 11.5 Å². The van der Waals surface area contributed by atoms with Crippen molar-refractivity contribution in [2.24, 2.45) is 34.4 Å². The summed E-state index contributed by atoms with van der Waals surface area (Å²) in [6.45, 7) is 0.817. The van der Waals surface area contributed by atoms with E-state index in [1.54, 1.807) is 0 Å². The monoisotopic (exact) mass is 430 g/mol. The zero-order valence-electron chi connectivity index (χ0n) is 17.7. The minimum Gasteiger partial charge on any atom is -0.457 e. The van der Waals surface area contributed by atoms with Crippen LogP contribution in [0.15, 0.2) is 71.7 Å². The van der Waals surface area contributed by atoms with Gasteiger partial charge in [0.25, 0.3) is 0 Å². The van der Waals surface area contributed by atoms with Crippen LogP contribution in [-0.4, -0.2) is 35.8 Å². The SMILES string of the molecule is NC(=NCCCN1C(=O)C2C3C=CC(C3)C2C1=O)Nc1cccc(Oc2ccccc2)c1. The zero-order chi connectivity index (χ0) is 22.1. The molecule has 7 nitrogen and oxygen atoms in total. The first-order valence-corrected chi connectivity index (χ1v) is 11.0. The van der Waals surface area contributed by atoms with Gasteiger partial charge in [-0.3, -0.25) is 19.5 Å². The molecule has 2 aromatic carbocycles. The number of rotatable bonds is 7. The lowest BCUT2D eigenvalue weighted by Crippen LogP contribution is -2.34. The molecule has 0 radical (unpaired) electrons. The number of anilines is 1. The molecule has 0 aromatic heterocycles. The fourth-order valence-corrected chi connectivity index (χ4v) is 5.06. The van der Waals surface area contributed by atoms with E-state index in [1.165, 1.54) is 4.90 Å². The van der Waals surface area contributed by atoms with Gasteiger partial charge < -0.3 is 15.8 Å². The Bertz CT molecular complexity index is 1050. The molecule has 3 aliphatic rings. The summed E-state index contributed by atoms with van der Waals surface area (Å²) in [7, 11) is 0. The van der Waals surface area contributed by atoms with E-state index in [0.29, 0.717) is 25.3 Å². The number of guanidine groups is 1. The molecule has 4 unspecified atom stereocenters. The number of fused-ring (bicyclic) bond motifs is 5. The van der Waals surface area contributed by atoms with Crippen molar-refractivity contribution in [1.82, 2.24) is 4.90 Å². The first-order valence-electron chi connectivity index (χ1n) is 11.0. The number of nitrogens with zero attached hydrogens (tertiary/aromatic N) is 2. The minimum atomic E-state index is -0.141. The van der Waals surface area contributed by atoms with Gasteiger partial charge in [0.05, 0.1) is 11.8 Å². The van der Waals surface area contributed by atoms with Crippen LogP contribution in [0.1, 0.15) is 12.8 Å². The van der Waals surface area contributed by atoms with Crippen molar-refractivity contribution in [1.29, 1.82) is 0 Å². The number of carbonyl (C=O) groups is 2. The van der Waals surface area contributed by atoms with Gasteiger partial charge >= 0.3 is 0 Å². The number of allylic oxidation sites excluding steroid dienone is 2. The second-order valence-electron chi connectivity index (χ2n) is 8.52. The third-order valence-electron chi connectivity index (χ3n) is 6.47. The molecule has 1 heterocycles. The highest BCUT2D eigenvalue weighted by molar-refractivity contribution is 6.06. The van der Waals surface area contributed by atoms with Gasteiger partial charge in [0.15, 0.2) is 5.96 Å². The maximum atomic E-state index is 12.7. The Hall–Kier alpha value is -3.61. The molecule has 2 bridgehead atoms. The molecule has 164 valence electrons. The summed E-state index contributed by atoms with van der Waals surface area (Å²) < 4.78 is 5.83. The van der Waals surface area contributed by atoms with Crippen molar-refractivity contribution in [3.05, 3.63) is 66.7 Å². The van der Waals surface area contributed by atoms with Crippen LogP contribution in [-0.2, 0) is 9.59 Å². The van der Waals surface area contributed by atoms with Gasteiger partial charge in [0, 0.05) is 24.8 Å². The van der Waals surface area contributed by atoms with E-state index in [2.05, 4.69) is 22.5 Å². The summed E-state index contributed by atoms with van der Waals surface area (Å²) in [6, 6.07) is 17.0. The van der Waals surface area contributed by atoms with Crippen LogP contribution in [0, 0.1) is 23.7 Å². The number of imide groups is 1. The minimum absolute atomic E-state index is 0.0119. The van der Waals surface area contributed by atoms with Crippen molar-refractivity contribution in [3.8, 4) is 11.5 Å². The average Bonchev–Trinajstić information content (AvgIpc) is 3.47. The molecular weight excluding hydrogens is 404 g/mol. The number of nitrogens with one attached hydrogen (secondary N) is 1. The van der Waals surface area contributed by atoms with Crippen LogP contribution < -0.4 is 15.8 Å². The van der Waals surface area contributed by atoms with Gasteiger partial charge in [-0.1, -0.05) is 36.4 Å². The quantitative estimate of drug-likeness (QED) is 0.231. The molecule has 2 amide bonds. The number of likely N-dealkylation sites (tertiary alicyclic amines) is 1. The van der Waals surface area contributed by atoms with E-state index in [-0.39, 0.29) is 41.4 Å². The van der Waals surface area contributed by atoms with Crippen molar-refractivity contribution < 1.29 is 14.3 Å². The summed E-state index contributed by atoms with van der Waals surface area (Å²) >= 11 is 0. The maximum absolute atomic E-state index is 12.7. The highest BCUT2D eigenvalue weighted by Gasteiger charge is 2.58. The van der Waals surface area contributed by atoms with Crippen LogP contribution >= 0.6 is 0 Å². The van der Waals surface area contributed by atoms with Crippen LogP contribution in [0.3, 0.4) is 0 Å². The Kier molecular flexibility index (Phi) is 5.39. The van der Waals surface area contributed by atoms with Gasteiger partial charge in [-0.2, -0.15) is 0 Å². The van der Waals surface area contributed by atoms with E-state index >= 15 is 0 Å². The topological polar surface area (TPSA) is 97.0 Å². The third-order valence-corrected chi connectivity index (χ3v) is 6.47. The van der Waals surface area contributed by atoms with Gasteiger partial charge in [0.1, 0.15) is 11.5 Å². The van der Waals surface area contributed by atoms with Gasteiger partial charge in [-0.15, -0.1) is 0 Å². The van der Waals surface area contributed by atoms with Crippen LogP contribution in [0.25, 0.3) is 0 Å². The number of para-hydroxylation sites is 1. The first-order chi connectivity index (χ1) is 15.6.